The molecule has 0 aliphatic carbocycles. The Kier molecular flexibility index (Phi) is 16.3. The second-order valence-corrected chi connectivity index (χ2v) is 3.91. The van der Waals surface area contributed by atoms with Crippen LogP contribution in [0.3, 0.4) is 0 Å². The van der Waals surface area contributed by atoms with Crippen LogP contribution >= 0.6 is 0 Å². The van der Waals surface area contributed by atoms with Crippen LogP contribution in [-0.2, 0) is 9.53 Å². The van der Waals surface area contributed by atoms with E-state index in [2.05, 4.69) is 31.1 Å². The van der Waals surface area contributed by atoms with Crippen molar-refractivity contribution in [3.05, 3.63) is 92.1 Å². The number of hydrogen-bond donors (Lipinski definition) is 0. The van der Waals surface area contributed by atoms with Crippen LogP contribution in [0.4, 0.5) is 0 Å². The number of esters is 1. The third-order valence-corrected chi connectivity index (χ3v) is 2.24. The molecule has 0 saturated carbocycles. The molecule has 1 rings (SSSR count). The lowest BCUT2D eigenvalue weighted by atomic mass is 10.2. The van der Waals surface area contributed by atoms with Crippen LogP contribution in [0.25, 0.3) is 6.08 Å². The van der Waals surface area contributed by atoms with Crippen molar-refractivity contribution >= 4 is 12.0 Å². The van der Waals surface area contributed by atoms with Crippen LogP contribution in [-0.4, -0.2) is 13.1 Å². The first-order chi connectivity index (χ1) is 11.1. The van der Waals surface area contributed by atoms with E-state index >= 15 is 0 Å². The van der Waals surface area contributed by atoms with E-state index in [0.717, 1.165) is 0 Å². The predicted octanol–water partition coefficient (Wildman–Crippen LogP) is 4.87. The molecule has 0 heterocycles. The molecule has 3 heteroatoms. The summed E-state index contributed by atoms with van der Waals surface area (Å²) < 4.78 is 4.44. The van der Waals surface area contributed by atoms with Gasteiger partial charge in [-0.25, -0.2) is 4.79 Å². The molecular weight excluding hydrogens is 286 g/mol. The lowest BCUT2D eigenvalue weighted by molar-refractivity contribution is -0.136. The maximum absolute atomic E-state index is 10.7. The molecular formula is C20H23NO2. The zero-order valence-corrected chi connectivity index (χ0v) is 13.6. The second kappa shape index (κ2) is 16.9. The lowest BCUT2D eigenvalue weighted by Crippen LogP contribution is -2.02. The van der Waals surface area contributed by atoms with E-state index in [1.54, 1.807) is 24.3 Å². The fourth-order valence-electron chi connectivity index (χ4n) is 1.12. The number of carbonyl (C=O) groups excluding carboxylic acids is 1. The SMILES string of the molecule is C=CC#N.C=CC=CCC(=C)C(=O)OC.C=Cc1ccccc1. The number of benzene rings is 1. The van der Waals surface area contributed by atoms with Gasteiger partial charge in [-0.15, -0.1) is 0 Å². The Morgan fingerprint density at radius 2 is 1.83 bits per heavy atom. The van der Waals surface area contributed by atoms with Crippen molar-refractivity contribution in [2.75, 3.05) is 7.11 Å². The second-order valence-electron chi connectivity index (χ2n) is 3.91. The number of carbonyl (C=O) groups is 1. The van der Waals surface area contributed by atoms with Gasteiger partial charge in [0.15, 0.2) is 0 Å². The van der Waals surface area contributed by atoms with Crippen molar-refractivity contribution < 1.29 is 9.53 Å². The highest BCUT2D eigenvalue weighted by atomic mass is 16.5. The molecule has 0 bridgehead atoms. The number of methoxy groups -OCH3 is 1. The summed E-state index contributed by atoms with van der Waals surface area (Å²) >= 11 is 0. The molecule has 0 fully saturated rings. The Morgan fingerprint density at radius 1 is 1.26 bits per heavy atom. The third-order valence-electron chi connectivity index (χ3n) is 2.24. The molecule has 0 atom stereocenters. The maximum Gasteiger partial charge on any atom is 0.333 e. The van der Waals surface area contributed by atoms with E-state index in [0.29, 0.717) is 12.0 Å². The Balaban J connectivity index is 0. The monoisotopic (exact) mass is 309 g/mol. The predicted molar refractivity (Wildman–Crippen MR) is 97.5 cm³/mol. The van der Waals surface area contributed by atoms with Gasteiger partial charge < -0.3 is 4.74 Å². The van der Waals surface area contributed by atoms with Crippen LogP contribution in [0, 0.1) is 11.3 Å². The van der Waals surface area contributed by atoms with Crippen LogP contribution in [0.2, 0.25) is 0 Å². The summed E-state index contributed by atoms with van der Waals surface area (Å²) in [5, 5.41) is 7.51. The van der Waals surface area contributed by atoms with E-state index < -0.39 is 0 Å². The molecule has 0 spiro atoms. The highest BCUT2D eigenvalue weighted by molar-refractivity contribution is 5.87. The fraction of sp³-hybridized carbons (Fsp3) is 0.100. The van der Waals surface area contributed by atoms with Gasteiger partial charge in [-0.05, 0) is 12.0 Å². The Bertz CT molecular complexity index is 563. The van der Waals surface area contributed by atoms with Gasteiger partial charge in [-0.3, -0.25) is 0 Å². The summed E-state index contributed by atoms with van der Waals surface area (Å²) in [5.41, 5.74) is 1.62. The van der Waals surface area contributed by atoms with E-state index in [4.69, 9.17) is 5.26 Å². The van der Waals surface area contributed by atoms with Crippen molar-refractivity contribution in [1.29, 1.82) is 5.26 Å². The van der Waals surface area contributed by atoms with Crippen LogP contribution in [0.15, 0.2) is 86.5 Å². The topological polar surface area (TPSA) is 50.1 Å². The van der Waals surface area contributed by atoms with E-state index in [1.807, 2.05) is 36.4 Å². The molecule has 3 nitrogen and oxygen atoms in total. The molecule has 1 aromatic carbocycles. The summed E-state index contributed by atoms with van der Waals surface area (Å²) in [6, 6.07) is 11.7. The molecule has 0 amide bonds. The minimum Gasteiger partial charge on any atom is -0.466 e. The largest absolute Gasteiger partial charge is 0.466 e. The Labute approximate surface area is 139 Å². The van der Waals surface area contributed by atoms with Crippen molar-refractivity contribution in [1.82, 2.24) is 0 Å². The van der Waals surface area contributed by atoms with Crippen molar-refractivity contribution in [2.24, 2.45) is 0 Å². The average Bonchev–Trinajstić information content (AvgIpc) is 2.62. The zero-order valence-electron chi connectivity index (χ0n) is 13.6. The molecule has 23 heavy (non-hydrogen) atoms. The summed E-state index contributed by atoms with van der Waals surface area (Å²) in [7, 11) is 1.34. The first kappa shape index (κ1) is 22.2. The molecule has 0 aromatic heterocycles. The highest BCUT2D eigenvalue weighted by Crippen LogP contribution is 2.00. The first-order valence-corrected chi connectivity index (χ1v) is 6.78. The van der Waals surface area contributed by atoms with Crippen molar-refractivity contribution in [3.8, 4) is 6.07 Å². The number of nitriles is 1. The molecule has 0 saturated heterocycles. The van der Waals surface area contributed by atoms with Gasteiger partial charge in [0.25, 0.3) is 0 Å². The standard InChI is InChI=1S/C9H12O2.C8H8.C3H3N/c1-4-5-6-7-8(2)9(10)11-3;1-2-8-6-4-3-5-7-8;1-2-3-4/h4-6H,1-2,7H2,3H3;2-7H,1H2;2H,1H2. The Hall–Kier alpha value is -3.12. The molecule has 1 aromatic rings. The smallest absolute Gasteiger partial charge is 0.333 e. The summed E-state index contributed by atoms with van der Waals surface area (Å²) in [5.74, 6) is -0.362. The zero-order chi connectivity index (χ0) is 17.9. The van der Waals surface area contributed by atoms with Gasteiger partial charge in [0, 0.05) is 11.6 Å². The molecule has 0 radical (unpaired) electrons. The number of rotatable bonds is 5. The average molecular weight is 309 g/mol. The quantitative estimate of drug-likeness (QED) is 0.337. The minimum atomic E-state index is -0.362. The van der Waals surface area contributed by atoms with Crippen LogP contribution < -0.4 is 0 Å². The van der Waals surface area contributed by atoms with Gasteiger partial charge in [0.2, 0.25) is 0 Å². The van der Waals surface area contributed by atoms with Crippen molar-refractivity contribution in [2.45, 2.75) is 6.42 Å². The third kappa shape index (κ3) is 15.1. The number of ether oxygens (including phenoxy) is 1. The summed E-state index contributed by atoms with van der Waals surface area (Å²) in [6.45, 7) is 13.8. The van der Waals surface area contributed by atoms with Crippen LogP contribution in [0.5, 0.6) is 0 Å². The van der Waals surface area contributed by atoms with E-state index in [1.165, 1.54) is 18.7 Å². The first-order valence-electron chi connectivity index (χ1n) is 6.78. The molecule has 0 aliphatic heterocycles. The molecule has 0 unspecified atom stereocenters. The minimum absolute atomic E-state index is 0.362. The molecule has 120 valence electrons. The van der Waals surface area contributed by atoms with Crippen molar-refractivity contribution in [3.63, 3.8) is 0 Å². The lowest BCUT2D eigenvalue weighted by Gasteiger charge is -1.97. The maximum atomic E-state index is 10.7. The van der Waals surface area contributed by atoms with Gasteiger partial charge >= 0.3 is 5.97 Å². The number of allylic oxidation sites excluding steroid dienone is 4. The summed E-state index contributed by atoms with van der Waals surface area (Å²) in [4.78, 5) is 10.7. The summed E-state index contributed by atoms with van der Waals surface area (Å²) in [6.07, 6.45) is 8.73. The van der Waals surface area contributed by atoms with Gasteiger partial charge in [-0.2, -0.15) is 5.26 Å². The number of nitrogens with zero attached hydrogens (tertiary/aromatic N) is 1. The van der Waals surface area contributed by atoms with E-state index in [-0.39, 0.29) is 5.97 Å². The molecule has 0 N–H and O–H groups in total. The number of hydrogen-bond acceptors (Lipinski definition) is 3. The van der Waals surface area contributed by atoms with Gasteiger partial charge in [0.05, 0.1) is 13.2 Å². The Morgan fingerprint density at radius 3 is 2.17 bits per heavy atom. The fourth-order valence-corrected chi connectivity index (χ4v) is 1.12. The van der Waals surface area contributed by atoms with Crippen LogP contribution in [0.1, 0.15) is 12.0 Å². The van der Waals surface area contributed by atoms with E-state index in [9.17, 15) is 4.79 Å². The highest BCUT2D eigenvalue weighted by Gasteiger charge is 2.02. The normalized spacial score (nSPS) is 8.17. The van der Waals surface area contributed by atoms with Gasteiger partial charge in [0.1, 0.15) is 0 Å². The molecule has 0 aliphatic rings. The van der Waals surface area contributed by atoms with Gasteiger partial charge in [-0.1, -0.05) is 81.0 Å².